The normalized spacial score (nSPS) is 16.8. The van der Waals surface area contributed by atoms with Crippen LogP contribution in [0, 0.1) is 10.7 Å². The number of benzene rings is 1. The fraction of sp³-hybridized carbons (Fsp3) is 0.500. The number of rotatable bonds is 9. The zero-order valence-electron chi connectivity index (χ0n) is 18.4. The Bertz CT molecular complexity index is 1000. The molecule has 0 radical (unpaired) electrons. The monoisotopic (exact) mass is 834 g/mol. The van der Waals surface area contributed by atoms with Crippen molar-refractivity contribution < 1.29 is 38.5 Å². The van der Waals surface area contributed by atoms with Crippen molar-refractivity contribution >= 4 is 108 Å². The van der Waals surface area contributed by atoms with Gasteiger partial charge >= 0.3 is 5.97 Å². The van der Waals surface area contributed by atoms with E-state index in [4.69, 9.17) is 25.8 Å². The predicted molar refractivity (Wildman–Crippen MR) is 148 cm³/mol. The second kappa shape index (κ2) is 12.8. The average molecular weight is 835 g/mol. The summed E-state index contributed by atoms with van der Waals surface area (Å²) in [7, 11) is 0. The molecular formula is C20H22ClI3N2O8. The van der Waals surface area contributed by atoms with Gasteiger partial charge in [0.25, 0.3) is 17.1 Å². The highest BCUT2D eigenvalue weighted by molar-refractivity contribution is 14.1. The summed E-state index contributed by atoms with van der Waals surface area (Å²) < 4.78 is 17.1. The zero-order valence-corrected chi connectivity index (χ0v) is 25.6. The summed E-state index contributed by atoms with van der Waals surface area (Å²) in [5.41, 5.74) is 0.386. The molecule has 0 bridgehead atoms. The van der Waals surface area contributed by atoms with Crippen LogP contribution in [-0.4, -0.2) is 77.8 Å². The van der Waals surface area contributed by atoms with Crippen LogP contribution >= 0.6 is 79.4 Å². The molecule has 2 N–H and O–H groups in total. The second-order valence-corrected chi connectivity index (χ2v) is 11.2. The first-order valence-electron chi connectivity index (χ1n) is 9.84. The van der Waals surface area contributed by atoms with Crippen LogP contribution in [0.15, 0.2) is 0 Å². The molecule has 1 atom stereocenters. The van der Waals surface area contributed by atoms with Crippen molar-refractivity contribution in [1.82, 2.24) is 4.90 Å². The molecule has 188 valence electrons. The van der Waals surface area contributed by atoms with Gasteiger partial charge < -0.3 is 29.5 Å². The van der Waals surface area contributed by atoms with Crippen LogP contribution in [0.2, 0.25) is 0 Å². The number of carbonyl (C=O) groups is 4. The number of nitrogens with zero attached hydrogens (tertiary/aromatic N) is 1. The van der Waals surface area contributed by atoms with Crippen molar-refractivity contribution in [3.05, 3.63) is 21.8 Å². The summed E-state index contributed by atoms with van der Waals surface area (Å²) >= 11 is 11.5. The molecule has 1 aliphatic rings. The Morgan fingerprint density at radius 1 is 1.18 bits per heavy atom. The van der Waals surface area contributed by atoms with Crippen molar-refractivity contribution in [2.75, 3.05) is 38.2 Å². The third-order valence-electron chi connectivity index (χ3n) is 4.55. The van der Waals surface area contributed by atoms with Gasteiger partial charge in [-0.05, 0) is 93.2 Å². The maximum atomic E-state index is 13.6. The molecule has 10 nitrogen and oxygen atoms in total. The average Bonchev–Trinajstić information content (AvgIpc) is 3.07. The van der Waals surface area contributed by atoms with E-state index in [2.05, 4.69) is 5.32 Å². The standard InChI is InChI=1S/C20H22ClI3N2O8/c1-9(28)32-8-11(29)25-17-15(23)12(18(21)30)14(22)13(16(17)24)19(31)26(4-5-27)6-10-7-33-20(2,3)34-10/h10,27H,4-8H2,1-3H3,(H,25,29). The lowest BCUT2D eigenvalue weighted by atomic mass is 10.1. The van der Waals surface area contributed by atoms with Gasteiger partial charge in [-0.1, -0.05) is 0 Å². The van der Waals surface area contributed by atoms with E-state index in [9.17, 15) is 24.3 Å². The number of carbonyl (C=O) groups excluding carboxylic acids is 4. The lowest BCUT2D eigenvalue weighted by molar-refractivity contribution is -0.145. The zero-order chi connectivity index (χ0) is 25.8. The molecule has 0 aromatic heterocycles. The Morgan fingerprint density at radius 3 is 2.29 bits per heavy atom. The third-order valence-corrected chi connectivity index (χ3v) is 7.97. The number of hydrogen-bond donors (Lipinski definition) is 2. The van der Waals surface area contributed by atoms with E-state index in [0.29, 0.717) is 10.7 Å². The van der Waals surface area contributed by atoms with Gasteiger partial charge in [0.2, 0.25) is 0 Å². The molecule has 0 aliphatic carbocycles. The highest BCUT2D eigenvalue weighted by atomic mass is 127. The second-order valence-electron chi connectivity index (χ2n) is 7.59. The van der Waals surface area contributed by atoms with Crippen LogP contribution in [-0.2, 0) is 23.8 Å². The van der Waals surface area contributed by atoms with Gasteiger partial charge in [0.05, 0.1) is 37.2 Å². The molecule has 0 spiro atoms. The van der Waals surface area contributed by atoms with E-state index in [1.165, 1.54) is 11.8 Å². The summed E-state index contributed by atoms with van der Waals surface area (Å²) in [5, 5.41) is 11.4. The van der Waals surface area contributed by atoms with Gasteiger partial charge in [-0.3, -0.25) is 19.2 Å². The van der Waals surface area contributed by atoms with Gasteiger partial charge in [0.15, 0.2) is 12.4 Å². The largest absolute Gasteiger partial charge is 0.456 e. The smallest absolute Gasteiger partial charge is 0.303 e. The number of anilines is 1. The van der Waals surface area contributed by atoms with Crippen molar-refractivity contribution in [3.63, 3.8) is 0 Å². The quantitative estimate of drug-likeness (QED) is 0.221. The number of halogens is 4. The third kappa shape index (κ3) is 7.58. The highest BCUT2D eigenvalue weighted by Crippen LogP contribution is 2.37. The van der Waals surface area contributed by atoms with Crippen molar-refractivity contribution in [2.45, 2.75) is 32.7 Å². The van der Waals surface area contributed by atoms with E-state index < -0.39 is 41.5 Å². The Kier molecular flexibility index (Phi) is 11.2. The molecule has 2 rings (SSSR count). The summed E-state index contributed by atoms with van der Waals surface area (Å²) in [5.74, 6) is -2.55. The van der Waals surface area contributed by atoms with Crippen LogP contribution in [0.5, 0.6) is 0 Å². The SMILES string of the molecule is CC(=O)OCC(=O)Nc1c(I)c(C(=O)Cl)c(I)c(C(=O)N(CCO)CC2COC(C)(C)O2)c1I. The maximum Gasteiger partial charge on any atom is 0.303 e. The first-order chi connectivity index (χ1) is 15.8. The van der Waals surface area contributed by atoms with Crippen molar-refractivity contribution in [3.8, 4) is 0 Å². The van der Waals surface area contributed by atoms with E-state index in [0.717, 1.165) is 0 Å². The first-order valence-corrected chi connectivity index (χ1v) is 13.5. The van der Waals surface area contributed by atoms with E-state index >= 15 is 0 Å². The van der Waals surface area contributed by atoms with Crippen LogP contribution in [0.1, 0.15) is 41.5 Å². The Balaban J connectivity index is 2.49. The van der Waals surface area contributed by atoms with Crippen LogP contribution in [0.4, 0.5) is 5.69 Å². The lowest BCUT2D eigenvalue weighted by Crippen LogP contribution is -2.41. The molecule has 14 heteroatoms. The van der Waals surface area contributed by atoms with Gasteiger partial charge in [-0.2, -0.15) is 0 Å². The Morgan fingerprint density at radius 2 is 1.79 bits per heavy atom. The van der Waals surface area contributed by atoms with Crippen molar-refractivity contribution in [2.24, 2.45) is 0 Å². The number of esters is 1. The molecule has 1 aromatic rings. The lowest BCUT2D eigenvalue weighted by Gasteiger charge is -2.27. The topological polar surface area (TPSA) is 131 Å². The summed E-state index contributed by atoms with van der Waals surface area (Å²) in [4.78, 5) is 50.6. The fourth-order valence-electron chi connectivity index (χ4n) is 3.13. The number of nitrogens with one attached hydrogen (secondary N) is 1. The number of ether oxygens (including phenoxy) is 3. The summed E-state index contributed by atoms with van der Waals surface area (Å²) in [6.07, 6.45) is -0.415. The molecule has 1 fully saturated rings. The minimum absolute atomic E-state index is 0.00949. The van der Waals surface area contributed by atoms with Gasteiger partial charge in [-0.15, -0.1) is 0 Å². The Hall–Kier alpha value is -0.340. The molecule has 2 amide bonds. The van der Waals surface area contributed by atoms with Crippen LogP contribution in [0.3, 0.4) is 0 Å². The van der Waals surface area contributed by atoms with Crippen LogP contribution in [0.25, 0.3) is 0 Å². The molecule has 34 heavy (non-hydrogen) atoms. The van der Waals surface area contributed by atoms with E-state index in [1.807, 2.05) is 67.8 Å². The number of amides is 2. The molecule has 1 aromatic carbocycles. The highest BCUT2D eigenvalue weighted by Gasteiger charge is 2.36. The molecule has 1 saturated heterocycles. The minimum atomic E-state index is -0.808. The van der Waals surface area contributed by atoms with Gasteiger partial charge in [-0.25, -0.2) is 0 Å². The molecule has 0 saturated carbocycles. The number of aliphatic hydroxyl groups is 1. The van der Waals surface area contributed by atoms with Gasteiger partial charge in [0, 0.05) is 23.6 Å². The summed E-state index contributed by atoms with van der Waals surface area (Å²) in [6, 6.07) is 0. The first kappa shape index (κ1) is 29.9. The number of aliphatic hydroxyl groups excluding tert-OH is 1. The van der Waals surface area contributed by atoms with E-state index in [1.54, 1.807) is 13.8 Å². The number of hydrogen-bond acceptors (Lipinski definition) is 8. The van der Waals surface area contributed by atoms with Crippen molar-refractivity contribution in [1.29, 1.82) is 0 Å². The fourth-order valence-corrected chi connectivity index (χ4v) is 8.03. The van der Waals surface area contributed by atoms with Gasteiger partial charge in [0.1, 0.15) is 6.10 Å². The Labute approximate surface area is 242 Å². The molecule has 1 heterocycles. The maximum absolute atomic E-state index is 13.6. The van der Waals surface area contributed by atoms with E-state index in [-0.39, 0.29) is 43.1 Å². The molecule has 1 aliphatic heterocycles. The predicted octanol–water partition coefficient (Wildman–Crippen LogP) is 2.97. The molecular weight excluding hydrogens is 812 g/mol. The minimum Gasteiger partial charge on any atom is -0.456 e. The summed E-state index contributed by atoms with van der Waals surface area (Å²) in [6.45, 7) is 4.28. The molecule has 1 unspecified atom stereocenters. The van der Waals surface area contributed by atoms with Crippen LogP contribution < -0.4 is 5.32 Å².